The summed E-state index contributed by atoms with van der Waals surface area (Å²) in [6.45, 7) is 4.57. The molecular weight excluding hydrogens is 360 g/mol. The van der Waals surface area contributed by atoms with Gasteiger partial charge in [-0.1, -0.05) is 68.4 Å². The molecule has 0 saturated heterocycles. The molecule has 3 aromatic rings. The lowest BCUT2D eigenvalue weighted by atomic mass is 9.87. The molecule has 2 aliphatic rings. The molecule has 1 aliphatic carbocycles. The summed E-state index contributed by atoms with van der Waals surface area (Å²) in [6.07, 6.45) is 2.01. The Morgan fingerprint density at radius 1 is 0.931 bits per heavy atom. The predicted molar refractivity (Wildman–Crippen MR) is 114 cm³/mol. The number of benzene rings is 3. The molecule has 0 radical (unpaired) electrons. The highest BCUT2D eigenvalue weighted by molar-refractivity contribution is 6.17. The molecule has 0 saturated carbocycles. The molecule has 1 atom stereocenters. The Balaban J connectivity index is 1.67. The van der Waals surface area contributed by atoms with Crippen molar-refractivity contribution in [2.45, 2.75) is 25.7 Å². The van der Waals surface area contributed by atoms with Crippen LogP contribution in [0.25, 0.3) is 6.08 Å². The van der Waals surface area contributed by atoms with E-state index in [1.807, 2.05) is 48.5 Å². The van der Waals surface area contributed by atoms with Gasteiger partial charge in [-0.05, 0) is 46.4 Å². The van der Waals surface area contributed by atoms with Crippen molar-refractivity contribution >= 4 is 11.9 Å². The number of carbonyl (C=O) groups excluding carboxylic acids is 1. The van der Waals surface area contributed by atoms with Crippen LogP contribution in [-0.2, 0) is 0 Å². The van der Waals surface area contributed by atoms with Crippen molar-refractivity contribution in [3.63, 3.8) is 0 Å². The van der Waals surface area contributed by atoms with Gasteiger partial charge in [0.15, 0.2) is 17.3 Å². The first-order valence-electron chi connectivity index (χ1n) is 9.96. The third kappa shape index (κ3) is 3.03. The van der Waals surface area contributed by atoms with Gasteiger partial charge in [-0.3, -0.25) is 4.79 Å². The Morgan fingerprint density at radius 2 is 1.62 bits per heavy atom. The summed E-state index contributed by atoms with van der Waals surface area (Å²) in [7, 11) is 0. The summed E-state index contributed by atoms with van der Waals surface area (Å²) < 4.78 is 11.1. The molecule has 0 spiro atoms. The molecule has 29 heavy (non-hydrogen) atoms. The van der Waals surface area contributed by atoms with Gasteiger partial charge in [0.05, 0.1) is 0 Å². The van der Waals surface area contributed by atoms with Gasteiger partial charge in [-0.25, -0.2) is 0 Å². The predicted octanol–water partition coefficient (Wildman–Crippen LogP) is 5.95. The van der Waals surface area contributed by atoms with Crippen molar-refractivity contribution < 1.29 is 14.3 Å². The van der Waals surface area contributed by atoms with Crippen LogP contribution >= 0.6 is 0 Å². The van der Waals surface area contributed by atoms with Crippen LogP contribution in [0.4, 0.5) is 0 Å². The average Bonchev–Trinajstić information content (AvgIpc) is 3.30. The van der Waals surface area contributed by atoms with E-state index in [0.29, 0.717) is 23.0 Å². The molecule has 0 fully saturated rings. The highest BCUT2D eigenvalue weighted by Gasteiger charge is 2.37. The maximum Gasteiger partial charge on any atom is 0.231 e. The maximum atomic E-state index is 13.4. The number of Topliss-reactive ketones (excluding diaryl/α,β-unsaturated/α-hetero) is 1. The van der Waals surface area contributed by atoms with Crippen molar-refractivity contribution in [2.24, 2.45) is 0 Å². The van der Waals surface area contributed by atoms with Crippen LogP contribution in [0.5, 0.6) is 11.5 Å². The third-order valence-electron chi connectivity index (χ3n) is 5.73. The fraction of sp³-hybridized carbons (Fsp3) is 0.192. The van der Waals surface area contributed by atoms with Gasteiger partial charge in [0.25, 0.3) is 0 Å². The Hall–Kier alpha value is -3.33. The highest BCUT2D eigenvalue weighted by Crippen LogP contribution is 2.48. The Morgan fingerprint density at radius 3 is 2.31 bits per heavy atom. The van der Waals surface area contributed by atoms with E-state index < -0.39 is 0 Å². The minimum atomic E-state index is -0.117. The van der Waals surface area contributed by atoms with Crippen LogP contribution < -0.4 is 9.47 Å². The van der Waals surface area contributed by atoms with Gasteiger partial charge in [0.1, 0.15) is 0 Å². The van der Waals surface area contributed by atoms with Crippen LogP contribution in [0.15, 0.2) is 72.3 Å². The number of hydrogen-bond donors (Lipinski definition) is 0. The van der Waals surface area contributed by atoms with Gasteiger partial charge < -0.3 is 9.47 Å². The van der Waals surface area contributed by atoms with Crippen LogP contribution in [0.1, 0.15) is 58.3 Å². The van der Waals surface area contributed by atoms with Crippen molar-refractivity contribution in [2.75, 3.05) is 6.79 Å². The summed E-state index contributed by atoms with van der Waals surface area (Å²) >= 11 is 0. The maximum absolute atomic E-state index is 13.4. The SMILES string of the molecule is CC(C)c1ccc(C2/C(=C\c3ccccc3)C(=O)c3cc4c(cc32)OCO4)cc1. The molecule has 0 amide bonds. The van der Waals surface area contributed by atoms with Crippen LogP contribution in [0.2, 0.25) is 0 Å². The van der Waals surface area contributed by atoms with E-state index in [4.69, 9.17) is 9.47 Å². The molecule has 0 bridgehead atoms. The zero-order chi connectivity index (χ0) is 20.0. The van der Waals surface area contributed by atoms with Crippen LogP contribution in [-0.4, -0.2) is 12.6 Å². The first-order valence-corrected chi connectivity index (χ1v) is 9.96. The zero-order valence-corrected chi connectivity index (χ0v) is 16.5. The standard InChI is InChI=1S/C26H22O3/c1-16(2)18-8-10-19(11-9-18)25-20-13-23-24(29-15-28-23)14-21(20)26(27)22(25)12-17-6-4-3-5-7-17/h3-14,16,25H,15H2,1-2H3/b22-12+. The topological polar surface area (TPSA) is 35.5 Å². The summed E-state index contributed by atoms with van der Waals surface area (Å²) in [4.78, 5) is 13.4. The number of allylic oxidation sites excluding steroid dienone is 1. The van der Waals surface area contributed by atoms with E-state index in [2.05, 4.69) is 38.1 Å². The Bertz CT molecular complexity index is 1110. The lowest BCUT2D eigenvalue weighted by Gasteiger charge is -2.16. The number of carbonyl (C=O) groups is 1. The molecule has 0 N–H and O–H groups in total. The minimum Gasteiger partial charge on any atom is -0.454 e. The zero-order valence-electron chi connectivity index (χ0n) is 16.5. The van der Waals surface area contributed by atoms with E-state index in [9.17, 15) is 4.79 Å². The summed E-state index contributed by atoms with van der Waals surface area (Å²) in [5, 5.41) is 0. The molecule has 3 heteroatoms. The summed E-state index contributed by atoms with van der Waals surface area (Å²) in [6, 6.07) is 22.4. The summed E-state index contributed by atoms with van der Waals surface area (Å²) in [5.41, 5.74) is 5.90. The second-order valence-electron chi connectivity index (χ2n) is 7.89. The smallest absolute Gasteiger partial charge is 0.231 e. The molecule has 1 heterocycles. The number of fused-ring (bicyclic) bond motifs is 2. The fourth-order valence-corrected chi connectivity index (χ4v) is 4.16. The van der Waals surface area contributed by atoms with Gasteiger partial charge in [-0.2, -0.15) is 0 Å². The van der Waals surface area contributed by atoms with E-state index in [1.165, 1.54) is 5.56 Å². The van der Waals surface area contributed by atoms with Gasteiger partial charge in [-0.15, -0.1) is 0 Å². The molecule has 3 nitrogen and oxygen atoms in total. The van der Waals surface area contributed by atoms with Crippen molar-refractivity contribution in [3.05, 3.63) is 100 Å². The molecule has 3 aromatic carbocycles. The van der Waals surface area contributed by atoms with Crippen molar-refractivity contribution in [1.29, 1.82) is 0 Å². The Kier molecular flexibility index (Phi) is 4.24. The highest BCUT2D eigenvalue weighted by atomic mass is 16.7. The van der Waals surface area contributed by atoms with E-state index in [-0.39, 0.29) is 18.5 Å². The fourth-order valence-electron chi connectivity index (χ4n) is 4.16. The molecule has 5 rings (SSSR count). The second-order valence-corrected chi connectivity index (χ2v) is 7.89. The molecule has 144 valence electrons. The van der Waals surface area contributed by atoms with Crippen molar-refractivity contribution in [3.8, 4) is 11.5 Å². The van der Waals surface area contributed by atoms with Crippen molar-refractivity contribution in [1.82, 2.24) is 0 Å². The van der Waals surface area contributed by atoms with E-state index in [0.717, 1.165) is 22.3 Å². The van der Waals surface area contributed by atoms with Gasteiger partial charge >= 0.3 is 0 Å². The quantitative estimate of drug-likeness (QED) is 0.525. The van der Waals surface area contributed by atoms with Gasteiger partial charge in [0.2, 0.25) is 6.79 Å². The molecule has 1 unspecified atom stereocenters. The first-order chi connectivity index (χ1) is 14.1. The number of ketones is 1. The largest absolute Gasteiger partial charge is 0.454 e. The minimum absolute atomic E-state index is 0.0556. The van der Waals surface area contributed by atoms with E-state index >= 15 is 0 Å². The number of rotatable bonds is 3. The van der Waals surface area contributed by atoms with Crippen LogP contribution in [0.3, 0.4) is 0 Å². The lowest BCUT2D eigenvalue weighted by Crippen LogP contribution is -2.03. The average molecular weight is 382 g/mol. The molecule has 1 aliphatic heterocycles. The van der Waals surface area contributed by atoms with Gasteiger partial charge in [0, 0.05) is 17.1 Å². The Labute approximate surface area is 170 Å². The molecule has 0 aromatic heterocycles. The number of hydrogen-bond acceptors (Lipinski definition) is 3. The number of ether oxygens (including phenoxy) is 2. The normalized spacial score (nSPS) is 18.5. The lowest BCUT2D eigenvalue weighted by molar-refractivity contribution is 0.103. The monoisotopic (exact) mass is 382 g/mol. The third-order valence-corrected chi connectivity index (χ3v) is 5.73. The first kappa shape index (κ1) is 17.7. The second kappa shape index (κ2) is 6.93. The summed E-state index contributed by atoms with van der Waals surface area (Å²) in [5.74, 6) is 1.76. The van der Waals surface area contributed by atoms with Crippen LogP contribution in [0, 0.1) is 0 Å². The van der Waals surface area contributed by atoms with E-state index in [1.54, 1.807) is 0 Å². The molecular formula is C26H22O3.